The van der Waals surface area contributed by atoms with E-state index in [1.807, 2.05) is 31.3 Å². The molecule has 1 saturated heterocycles. The molecule has 1 heterocycles. The van der Waals surface area contributed by atoms with Crippen molar-refractivity contribution in [1.29, 1.82) is 0 Å². The van der Waals surface area contributed by atoms with Crippen molar-refractivity contribution in [3.63, 3.8) is 0 Å². The van der Waals surface area contributed by atoms with Crippen molar-refractivity contribution in [1.82, 2.24) is 10.2 Å². The van der Waals surface area contributed by atoms with Crippen molar-refractivity contribution >= 4 is 17.5 Å². The quantitative estimate of drug-likeness (QED) is 0.783. The summed E-state index contributed by atoms with van der Waals surface area (Å²) >= 11 is 5.90. The second-order valence-corrected chi connectivity index (χ2v) is 4.14. The van der Waals surface area contributed by atoms with Crippen LogP contribution in [0, 0.1) is 0 Å². The molecule has 0 bridgehead atoms. The number of nitrogens with zero attached hydrogens (tertiary/aromatic N) is 1. The molecule has 80 valence electrons. The van der Waals surface area contributed by atoms with Gasteiger partial charge in [-0.3, -0.25) is 4.79 Å². The van der Waals surface area contributed by atoms with Crippen molar-refractivity contribution in [2.24, 2.45) is 0 Å². The van der Waals surface area contributed by atoms with Crippen LogP contribution in [0.25, 0.3) is 0 Å². The number of amides is 1. The highest BCUT2D eigenvalue weighted by Crippen LogP contribution is 2.20. The molecular formula is C11H13ClN2O. The first-order chi connectivity index (χ1) is 7.18. The average molecular weight is 225 g/mol. The number of carbonyl (C=O) groups is 1. The van der Waals surface area contributed by atoms with Gasteiger partial charge >= 0.3 is 0 Å². The van der Waals surface area contributed by atoms with Crippen LogP contribution < -0.4 is 5.32 Å². The summed E-state index contributed by atoms with van der Waals surface area (Å²) in [5.41, 5.74) is 0.930. The Balaban J connectivity index is 2.26. The largest absolute Gasteiger partial charge is 0.343 e. The zero-order valence-corrected chi connectivity index (χ0v) is 9.29. The standard InChI is InChI=1S/C11H13ClN2O/c1-14-6-5-13-10(11(14)15)8-3-2-4-9(12)7-8/h2-4,7,10,13H,5-6H2,1H3. The number of piperazine rings is 1. The Morgan fingerprint density at radius 1 is 1.53 bits per heavy atom. The maximum atomic E-state index is 11.9. The molecule has 1 amide bonds. The molecular weight excluding hydrogens is 212 g/mol. The molecule has 15 heavy (non-hydrogen) atoms. The second kappa shape index (κ2) is 4.21. The lowest BCUT2D eigenvalue weighted by Crippen LogP contribution is -2.48. The van der Waals surface area contributed by atoms with Gasteiger partial charge in [0.2, 0.25) is 5.91 Å². The van der Waals surface area contributed by atoms with Crippen molar-refractivity contribution < 1.29 is 4.79 Å². The van der Waals surface area contributed by atoms with Crippen molar-refractivity contribution in [2.75, 3.05) is 20.1 Å². The van der Waals surface area contributed by atoms with Gasteiger partial charge in [-0.25, -0.2) is 0 Å². The number of hydrogen-bond donors (Lipinski definition) is 1. The summed E-state index contributed by atoms with van der Waals surface area (Å²) in [7, 11) is 1.82. The van der Waals surface area contributed by atoms with E-state index in [1.54, 1.807) is 4.90 Å². The molecule has 1 fully saturated rings. The molecule has 1 atom stereocenters. The Bertz CT molecular complexity index is 381. The maximum absolute atomic E-state index is 11.9. The second-order valence-electron chi connectivity index (χ2n) is 3.70. The van der Waals surface area contributed by atoms with Crippen LogP contribution in [0.4, 0.5) is 0 Å². The van der Waals surface area contributed by atoms with Gasteiger partial charge < -0.3 is 10.2 Å². The van der Waals surface area contributed by atoms with Gasteiger partial charge in [-0.15, -0.1) is 0 Å². The molecule has 1 aromatic carbocycles. The highest BCUT2D eigenvalue weighted by molar-refractivity contribution is 6.30. The van der Waals surface area contributed by atoms with Crippen LogP contribution in [0.15, 0.2) is 24.3 Å². The van der Waals surface area contributed by atoms with Gasteiger partial charge in [0.05, 0.1) is 0 Å². The van der Waals surface area contributed by atoms with E-state index < -0.39 is 0 Å². The molecule has 1 aliphatic rings. The minimum absolute atomic E-state index is 0.100. The molecule has 1 aliphatic heterocycles. The maximum Gasteiger partial charge on any atom is 0.244 e. The van der Waals surface area contributed by atoms with Crippen molar-refractivity contribution in [3.8, 4) is 0 Å². The third kappa shape index (κ3) is 2.13. The zero-order chi connectivity index (χ0) is 10.8. The van der Waals surface area contributed by atoms with E-state index in [-0.39, 0.29) is 11.9 Å². The average Bonchev–Trinajstić information content (AvgIpc) is 2.22. The van der Waals surface area contributed by atoms with Crippen LogP contribution in [0.5, 0.6) is 0 Å². The highest BCUT2D eigenvalue weighted by atomic mass is 35.5. The number of hydrogen-bond acceptors (Lipinski definition) is 2. The van der Waals surface area contributed by atoms with E-state index in [0.29, 0.717) is 5.02 Å². The van der Waals surface area contributed by atoms with Gasteiger partial charge in [0.1, 0.15) is 6.04 Å². The Labute approximate surface area is 94.0 Å². The van der Waals surface area contributed by atoms with Gasteiger partial charge in [0.25, 0.3) is 0 Å². The predicted octanol–water partition coefficient (Wildman–Crippen LogP) is 1.44. The Morgan fingerprint density at radius 2 is 2.33 bits per heavy atom. The van der Waals surface area contributed by atoms with Crippen LogP contribution in [0.3, 0.4) is 0 Å². The summed E-state index contributed by atoms with van der Waals surface area (Å²) in [5, 5.41) is 3.86. The Kier molecular flexibility index (Phi) is 2.93. The SMILES string of the molecule is CN1CCNC(c2cccc(Cl)c2)C1=O. The predicted molar refractivity (Wildman–Crippen MR) is 59.8 cm³/mol. The third-order valence-corrected chi connectivity index (χ3v) is 2.84. The summed E-state index contributed by atoms with van der Waals surface area (Å²) in [5.74, 6) is 0.100. The third-order valence-electron chi connectivity index (χ3n) is 2.60. The minimum atomic E-state index is -0.248. The van der Waals surface area contributed by atoms with Crippen LogP contribution >= 0.6 is 11.6 Å². The lowest BCUT2D eigenvalue weighted by atomic mass is 10.0. The monoisotopic (exact) mass is 224 g/mol. The summed E-state index contributed by atoms with van der Waals surface area (Å²) in [4.78, 5) is 13.6. The van der Waals surface area contributed by atoms with E-state index in [1.165, 1.54) is 0 Å². The zero-order valence-electron chi connectivity index (χ0n) is 8.53. The van der Waals surface area contributed by atoms with Crippen molar-refractivity contribution in [3.05, 3.63) is 34.9 Å². The van der Waals surface area contributed by atoms with Crippen LogP contribution in [-0.2, 0) is 4.79 Å². The molecule has 0 aliphatic carbocycles. The molecule has 2 rings (SSSR count). The Morgan fingerprint density at radius 3 is 3.07 bits per heavy atom. The molecule has 3 nitrogen and oxygen atoms in total. The first-order valence-corrected chi connectivity index (χ1v) is 5.30. The van der Waals surface area contributed by atoms with E-state index in [2.05, 4.69) is 5.32 Å². The fourth-order valence-corrected chi connectivity index (χ4v) is 1.94. The Hall–Kier alpha value is -1.06. The van der Waals surface area contributed by atoms with Crippen LogP contribution in [0.1, 0.15) is 11.6 Å². The molecule has 0 aromatic heterocycles. The first kappa shape index (κ1) is 10.5. The number of nitrogens with one attached hydrogen (secondary N) is 1. The van der Waals surface area contributed by atoms with E-state index in [4.69, 9.17) is 11.6 Å². The highest BCUT2D eigenvalue weighted by Gasteiger charge is 2.27. The normalized spacial score (nSPS) is 21.9. The van der Waals surface area contributed by atoms with Crippen LogP contribution in [-0.4, -0.2) is 30.9 Å². The smallest absolute Gasteiger partial charge is 0.244 e. The fraction of sp³-hybridized carbons (Fsp3) is 0.364. The summed E-state index contributed by atoms with van der Waals surface area (Å²) in [6.07, 6.45) is 0. The molecule has 1 N–H and O–H groups in total. The van der Waals surface area contributed by atoms with Crippen LogP contribution in [0.2, 0.25) is 5.02 Å². The number of rotatable bonds is 1. The topological polar surface area (TPSA) is 32.3 Å². The van der Waals surface area contributed by atoms with Gasteiger partial charge in [-0.1, -0.05) is 23.7 Å². The van der Waals surface area contributed by atoms with Crippen molar-refractivity contribution in [2.45, 2.75) is 6.04 Å². The fourth-order valence-electron chi connectivity index (χ4n) is 1.74. The summed E-state index contributed by atoms with van der Waals surface area (Å²) in [6.45, 7) is 1.58. The van der Waals surface area contributed by atoms with Gasteiger partial charge in [-0.2, -0.15) is 0 Å². The number of carbonyl (C=O) groups excluding carboxylic acids is 1. The molecule has 0 spiro atoms. The molecule has 1 unspecified atom stereocenters. The van der Waals surface area contributed by atoms with E-state index in [0.717, 1.165) is 18.7 Å². The molecule has 0 radical (unpaired) electrons. The number of likely N-dealkylation sites (N-methyl/N-ethyl adjacent to an activating group) is 1. The first-order valence-electron chi connectivity index (χ1n) is 4.92. The molecule has 0 saturated carbocycles. The summed E-state index contributed by atoms with van der Waals surface area (Å²) < 4.78 is 0. The molecule has 1 aromatic rings. The molecule has 4 heteroatoms. The lowest BCUT2D eigenvalue weighted by molar-refractivity contribution is -0.134. The van der Waals surface area contributed by atoms with Gasteiger partial charge in [-0.05, 0) is 17.7 Å². The lowest BCUT2D eigenvalue weighted by Gasteiger charge is -2.30. The minimum Gasteiger partial charge on any atom is -0.343 e. The van der Waals surface area contributed by atoms with E-state index >= 15 is 0 Å². The number of benzene rings is 1. The van der Waals surface area contributed by atoms with Gasteiger partial charge in [0, 0.05) is 25.2 Å². The van der Waals surface area contributed by atoms with E-state index in [9.17, 15) is 4.79 Å². The number of halogens is 1. The van der Waals surface area contributed by atoms with Gasteiger partial charge in [0.15, 0.2) is 0 Å². The summed E-state index contributed by atoms with van der Waals surface area (Å²) in [6, 6.07) is 7.17.